The molecule has 250 valence electrons. The maximum atomic E-state index is 14.9. The average molecular weight is 676 g/mol. The molecule has 4 aromatic rings. The van der Waals surface area contributed by atoms with Crippen molar-refractivity contribution in [1.29, 1.82) is 0 Å². The van der Waals surface area contributed by atoms with Gasteiger partial charge < -0.3 is 24.2 Å². The summed E-state index contributed by atoms with van der Waals surface area (Å²) in [5.74, 6) is -3.55. The molecule has 3 unspecified atom stereocenters. The SMILES string of the molecule is COc1cccc(OC(=O)C2=CCC3(C(=O)N4[C@@H](C(O)(OCc5ccccc5)c5ccccc5)C(C)(C)S[C@@H]43)C2C(=O)c2ccccc2)c1. The molecule has 1 N–H and O–H groups in total. The van der Waals surface area contributed by atoms with Gasteiger partial charge in [-0.25, -0.2) is 4.79 Å². The monoisotopic (exact) mass is 675 g/mol. The molecule has 0 bridgehead atoms. The van der Waals surface area contributed by atoms with Crippen LogP contribution in [-0.4, -0.2) is 50.9 Å². The molecule has 2 heterocycles. The Hall–Kier alpha value is -4.70. The number of methoxy groups -OCH3 is 1. The van der Waals surface area contributed by atoms with Crippen molar-refractivity contribution in [3.63, 3.8) is 0 Å². The van der Waals surface area contributed by atoms with Crippen molar-refractivity contribution in [3.05, 3.63) is 144 Å². The van der Waals surface area contributed by atoms with E-state index in [4.69, 9.17) is 14.2 Å². The number of carbonyl (C=O) groups excluding carboxylic acids is 3. The smallest absolute Gasteiger partial charge is 0.339 e. The van der Waals surface area contributed by atoms with Crippen LogP contribution in [0.3, 0.4) is 0 Å². The molecule has 2 saturated heterocycles. The molecule has 1 aliphatic carbocycles. The van der Waals surface area contributed by atoms with Crippen LogP contribution < -0.4 is 9.47 Å². The van der Waals surface area contributed by atoms with Crippen LogP contribution in [0.2, 0.25) is 0 Å². The van der Waals surface area contributed by atoms with Crippen molar-refractivity contribution in [3.8, 4) is 11.5 Å². The van der Waals surface area contributed by atoms with E-state index in [1.807, 2.05) is 68.4 Å². The number of esters is 1. The summed E-state index contributed by atoms with van der Waals surface area (Å²) in [6.45, 7) is 4.07. The van der Waals surface area contributed by atoms with Gasteiger partial charge in [-0.05, 0) is 38.0 Å². The fourth-order valence-corrected chi connectivity index (χ4v) is 9.43. The van der Waals surface area contributed by atoms with Gasteiger partial charge in [-0.2, -0.15) is 0 Å². The van der Waals surface area contributed by atoms with E-state index in [1.54, 1.807) is 71.6 Å². The van der Waals surface area contributed by atoms with E-state index in [2.05, 4.69) is 0 Å². The number of amides is 1. The first-order valence-electron chi connectivity index (χ1n) is 16.2. The molecule has 2 fully saturated rings. The second kappa shape index (κ2) is 12.6. The van der Waals surface area contributed by atoms with Gasteiger partial charge >= 0.3 is 5.97 Å². The first-order valence-corrected chi connectivity index (χ1v) is 17.1. The Balaban J connectivity index is 1.26. The highest BCUT2D eigenvalue weighted by atomic mass is 32.2. The summed E-state index contributed by atoms with van der Waals surface area (Å²) in [6.07, 6.45) is 1.85. The van der Waals surface area contributed by atoms with Crippen LogP contribution in [-0.2, 0) is 26.7 Å². The summed E-state index contributed by atoms with van der Waals surface area (Å²) in [5, 5.41) is 12.1. The molecule has 5 atom stereocenters. The summed E-state index contributed by atoms with van der Waals surface area (Å²) in [7, 11) is 1.52. The van der Waals surface area contributed by atoms with Gasteiger partial charge in [0.05, 0.1) is 30.4 Å². The van der Waals surface area contributed by atoms with Gasteiger partial charge in [-0.1, -0.05) is 103 Å². The van der Waals surface area contributed by atoms with Crippen LogP contribution in [0.15, 0.2) is 127 Å². The third-order valence-corrected chi connectivity index (χ3v) is 11.5. The lowest BCUT2D eigenvalue weighted by Crippen LogP contribution is -2.73. The Morgan fingerprint density at radius 1 is 0.898 bits per heavy atom. The second-order valence-corrected chi connectivity index (χ2v) is 14.9. The topological polar surface area (TPSA) is 102 Å². The highest BCUT2D eigenvalue weighted by Crippen LogP contribution is 2.68. The summed E-state index contributed by atoms with van der Waals surface area (Å²) in [4.78, 5) is 44.9. The predicted molar refractivity (Wildman–Crippen MR) is 186 cm³/mol. The summed E-state index contributed by atoms with van der Waals surface area (Å²) in [6, 6.07) is 33.2. The number of ether oxygens (including phenoxy) is 3. The molecular weight excluding hydrogens is 639 g/mol. The largest absolute Gasteiger partial charge is 0.497 e. The van der Waals surface area contributed by atoms with E-state index in [-0.39, 0.29) is 36.0 Å². The fourth-order valence-electron chi connectivity index (χ4n) is 7.58. The van der Waals surface area contributed by atoms with E-state index in [0.717, 1.165) is 5.56 Å². The summed E-state index contributed by atoms with van der Waals surface area (Å²) >= 11 is 1.52. The van der Waals surface area contributed by atoms with E-state index in [9.17, 15) is 19.5 Å². The second-order valence-electron chi connectivity index (χ2n) is 13.2. The Bertz CT molecular complexity index is 1910. The quantitative estimate of drug-likeness (QED) is 0.0665. The number of benzene rings is 4. The van der Waals surface area contributed by atoms with E-state index in [1.165, 1.54) is 18.9 Å². The van der Waals surface area contributed by atoms with Crippen LogP contribution in [0.25, 0.3) is 0 Å². The van der Waals surface area contributed by atoms with Crippen LogP contribution in [0.5, 0.6) is 11.5 Å². The minimum absolute atomic E-state index is 0.109. The standard InChI is InChI=1S/C40H37NO7S/c1-38(2)35(40(45,28-18-11-6-12-19-28)47-25-26-14-7-4-8-15-26)41-36(44)39(37(41)49-38)23-22-31(32(39)33(42)27-16-9-5-10-17-27)34(43)48-30-21-13-20-29(24-30)46-3/h4-22,24,32,35,37,45H,23,25H2,1-3H3/t32?,35-,37-,39?,40?/m1/s1. The fraction of sp³-hybridized carbons (Fsp3) is 0.275. The van der Waals surface area contributed by atoms with Gasteiger partial charge in [-0.15, -0.1) is 11.8 Å². The van der Waals surface area contributed by atoms with Crippen LogP contribution >= 0.6 is 11.8 Å². The Kier molecular flexibility index (Phi) is 8.47. The molecule has 0 radical (unpaired) electrons. The first-order chi connectivity index (χ1) is 23.6. The van der Waals surface area contributed by atoms with Gasteiger partial charge in [0.15, 0.2) is 5.78 Å². The van der Waals surface area contributed by atoms with Crippen molar-refractivity contribution < 1.29 is 33.7 Å². The predicted octanol–water partition coefficient (Wildman–Crippen LogP) is 6.54. The molecular formula is C40H37NO7S. The van der Waals surface area contributed by atoms with Crippen LogP contribution in [0.1, 0.15) is 41.8 Å². The number of β-lactam (4-membered cyclic amide) rings is 1. The lowest BCUT2D eigenvalue weighted by Gasteiger charge is -2.56. The number of allylic oxidation sites excluding steroid dienone is 1. The number of hydrogen-bond acceptors (Lipinski definition) is 8. The van der Waals surface area contributed by atoms with Crippen molar-refractivity contribution in [2.45, 2.75) is 48.8 Å². The number of nitrogens with zero attached hydrogens (tertiary/aromatic N) is 1. The van der Waals surface area contributed by atoms with Crippen molar-refractivity contribution >= 4 is 29.4 Å². The first kappa shape index (κ1) is 32.8. The van der Waals surface area contributed by atoms with Gasteiger partial charge in [0.1, 0.15) is 17.5 Å². The molecule has 2 aliphatic heterocycles. The Morgan fingerprint density at radius 3 is 2.20 bits per heavy atom. The number of Topliss-reactive ketones (excluding diaryl/α,β-unsaturated/α-hetero) is 1. The molecule has 49 heavy (non-hydrogen) atoms. The molecule has 0 saturated carbocycles. The molecule has 3 aliphatic rings. The van der Waals surface area contributed by atoms with Gasteiger partial charge in [0.2, 0.25) is 11.7 Å². The number of hydrogen-bond donors (Lipinski definition) is 1. The zero-order valence-electron chi connectivity index (χ0n) is 27.4. The maximum Gasteiger partial charge on any atom is 0.339 e. The molecule has 0 aromatic heterocycles. The number of thioether (sulfide) groups is 1. The normalized spacial score (nSPS) is 24.8. The zero-order chi connectivity index (χ0) is 34.4. The summed E-state index contributed by atoms with van der Waals surface area (Å²) < 4.78 is 16.8. The average Bonchev–Trinajstić information content (AvgIpc) is 3.67. The van der Waals surface area contributed by atoms with Crippen molar-refractivity contribution in [1.82, 2.24) is 4.90 Å². The van der Waals surface area contributed by atoms with Crippen LogP contribution in [0.4, 0.5) is 0 Å². The van der Waals surface area contributed by atoms with E-state index >= 15 is 0 Å². The Morgan fingerprint density at radius 2 is 1.53 bits per heavy atom. The molecule has 9 heteroatoms. The molecule has 4 aromatic carbocycles. The van der Waals surface area contributed by atoms with Crippen molar-refractivity contribution in [2.24, 2.45) is 11.3 Å². The number of ketones is 1. The lowest BCUT2D eigenvalue weighted by molar-refractivity contribution is -0.270. The van der Waals surface area contributed by atoms with E-state index < -0.39 is 39.3 Å². The van der Waals surface area contributed by atoms with Gasteiger partial charge in [0.25, 0.3) is 0 Å². The highest BCUT2D eigenvalue weighted by molar-refractivity contribution is 8.01. The number of rotatable bonds is 10. The number of aliphatic hydroxyl groups is 1. The molecule has 1 spiro atoms. The molecule has 8 nitrogen and oxygen atoms in total. The lowest BCUT2D eigenvalue weighted by atomic mass is 9.64. The van der Waals surface area contributed by atoms with Crippen LogP contribution in [0, 0.1) is 11.3 Å². The maximum absolute atomic E-state index is 14.9. The number of fused-ring (bicyclic) bond motifs is 2. The minimum atomic E-state index is -1.89. The third-order valence-electron chi connectivity index (χ3n) is 9.83. The summed E-state index contributed by atoms with van der Waals surface area (Å²) in [5.41, 5.74) is 0.665. The van der Waals surface area contributed by atoms with Gasteiger partial charge in [-0.3, -0.25) is 9.59 Å². The molecule has 1 amide bonds. The third kappa shape index (κ3) is 5.46. The van der Waals surface area contributed by atoms with Gasteiger partial charge in [0, 0.05) is 27.5 Å². The molecule has 7 rings (SSSR count). The van der Waals surface area contributed by atoms with Crippen molar-refractivity contribution in [2.75, 3.05) is 7.11 Å². The minimum Gasteiger partial charge on any atom is -0.497 e. The Labute approximate surface area is 289 Å². The zero-order valence-corrected chi connectivity index (χ0v) is 28.3. The van der Waals surface area contributed by atoms with E-state index in [0.29, 0.717) is 16.9 Å². The highest BCUT2D eigenvalue weighted by Gasteiger charge is 2.77. The number of carbonyl (C=O) groups is 3.